The number of rotatable bonds is 13. The quantitative estimate of drug-likeness (QED) is 0.0834. The van der Waals surface area contributed by atoms with E-state index in [2.05, 4.69) is 215 Å². The maximum absolute atomic E-state index is 13.1. The van der Waals surface area contributed by atoms with Gasteiger partial charge in [-0.2, -0.15) is 13.2 Å². The van der Waals surface area contributed by atoms with E-state index in [1.165, 1.54) is 44.0 Å². The van der Waals surface area contributed by atoms with Crippen LogP contribution < -0.4 is 37.1 Å². The number of para-hydroxylation sites is 1. The summed E-state index contributed by atoms with van der Waals surface area (Å²) in [5, 5.41) is 14.1. The van der Waals surface area contributed by atoms with Crippen molar-refractivity contribution in [2.45, 2.75) is 59.0 Å². The van der Waals surface area contributed by atoms with Crippen LogP contribution in [0.1, 0.15) is 47.1 Å². The third-order valence-electron chi connectivity index (χ3n) is 10.7. The molecule has 356 valence electrons. The SMILES string of the molecule is CC(C)[PH+](c1ccc(C(F)(F)F)cc1[N-]c1ccccc1)C(C)C.CCOCC.[Cu+].c1ccc([PH+](c2ccccc2)c2ccccc2)cc1.c1ccc([PH+](c2ccccc2)c2ccccc2)cc1. The van der Waals surface area contributed by atoms with Gasteiger partial charge >= 0.3 is 23.2 Å². The van der Waals surface area contributed by atoms with Gasteiger partial charge in [-0.15, -0.1) is 5.69 Å². The van der Waals surface area contributed by atoms with Crippen LogP contribution in [0.2, 0.25) is 0 Å². The molecule has 0 radical (unpaired) electrons. The van der Waals surface area contributed by atoms with Crippen LogP contribution in [0.3, 0.4) is 0 Å². The molecule has 0 N–H and O–H groups in total. The second-order valence-corrected chi connectivity index (χ2v) is 24.9. The summed E-state index contributed by atoms with van der Waals surface area (Å²) in [7, 11) is -2.78. The van der Waals surface area contributed by atoms with E-state index in [9.17, 15) is 13.2 Å². The van der Waals surface area contributed by atoms with Crippen molar-refractivity contribution < 1.29 is 35.0 Å². The first-order valence-corrected chi connectivity index (χ1v) is 27.7. The number of alkyl halides is 3. The Morgan fingerprint density at radius 2 is 0.706 bits per heavy atom. The number of hydrogen-bond acceptors (Lipinski definition) is 1. The fourth-order valence-corrected chi connectivity index (χ4v) is 16.2. The van der Waals surface area contributed by atoms with Crippen LogP contribution in [0.15, 0.2) is 231 Å². The van der Waals surface area contributed by atoms with Gasteiger partial charge in [0.25, 0.3) is 0 Å². The molecule has 0 saturated heterocycles. The topological polar surface area (TPSA) is 23.3 Å². The van der Waals surface area contributed by atoms with Gasteiger partial charge in [0.05, 0.1) is 38.0 Å². The van der Waals surface area contributed by atoms with E-state index >= 15 is 0 Å². The second-order valence-electron chi connectivity index (χ2n) is 16.2. The summed E-state index contributed by atoms with van der Waals surface area (Å²) in [6.45, 7) is 14.2. The molecular formula is C59H65CuF3NOP3+3. The van der Waals surface area contributed by atoms with Gasteiger partial charge in [0.1, 0.15) is 31.8 Å². The first kappa shape index (κ1) is 55.7. The minimum absolute atomic E-state index is 0. The van der Waals surface area contributed by atoms with Crippen LogP contribution >= 0.6 is 23.8 Å². The van der Waals surface area contributed by atoms with Crippen LogP contribution in [-0.4, -0.2) is 24.5 Å². The van der Waals surface area contributed by atoms with Gasteiger partial charge in [-0.25, -0.2) is 0 Å². The Bertz CT molecular complexity index is 2220. The Hall–Kier alpha value is -4.88. The van der Waals surface area contributed by atoms with Gasteiger partial charge in [-0.3, -0.25) is 0 Å². The molecule has 0 bridgehead atoms. The average Bonchev–Trinajstić information content (AvgIpc) is 3.35. The van der Waals surface area contributed by atoms with Crippen LogP contribution in [0.5, 0.6) is 0 Å². The summed E-state index contributed by atoms with van der Waals surface area (Å²) in [5.74, 6) is 0. The van der Waals surface area contributed by atoms with Gasteiger partial charge in [-0.05, 0) is 126 Å². The molecule has 0 heterocycles. The van der Waals surface area contributed by atoms with Crippen molar-refractivity contribution in [3.05, 3.63) is 241 Å². The van der Waals surface area contributed by atoms with E-state index in [0.717, 1.165) is 18.5 Å². The van der Waals surface area contributed by atoms with E-state index in [0.29, 0.717) is 22.7 Å². The first-order valence-electron chi connectivity index (χ1n) is 23.0. The van der Waals surface area contributed by atoms with Crippen LogP contribution in [0.25, 0.3) is 5.32 Å². The monoisotopic (exact) mass is 1020 g/mol. The molecule has 8 aromatic carbocycles. The van der Waals surface area contributed by atoms with Crippen molar-refractivity contribution in [3.63, 3.8) is 0 Å². The molecule has 0 aliphatic rings. The Kier molecular flexibility index (Phi) is 24.5. The van der Waals surface area contributed by atoms with Crippen molar-refractivity contribution in [2.75, 3.05) is 13.2 Å². The van der Waals surface area contributed by atoms with Gasteiger partial charge in [0.15, 0.2) is 0 Å². The average molecular weight is 1020 g/mol. The molecule has 0 aliphatic carbocycles. The molecule has 0 aromatic heterocycles. The largest absolute Gasteiger partial charge is 1.00 e. The Morgan fingerprint density at radius 1 is 0.426 bits per heavy atom. The van der Waals surface area contributed by atoms with Crippen molar-refractivity contribution in [1.29, 1.82) is 0 Å². The minimum atomic E-state index is -4.36. The zero-order valence-electron chi connectivity index (χ0n) is 39.8. The number of ether oxygens (including phenoxy) is 1. The van der Waals surface area contributed by atoms with Crippen molar-refractivity contribution >= 4 is 72.3 Å². The van der Waals surface area contributed by atoms with E-state index in [-0.39, 0.29) is 17.1 Å². The summed E-state index contributed by atoms with van der Waals surface area (Å²) in [6.07, 6.45) is -4.36. The van der Waals surface area contributed by atoms with Crippen molar-refractivity contribution in [1.82, 2.24) is 0 Å². The van der Waals surface area contributed by atoms with Crippen LogP contribution in [-0.2, 0) is 28.0 Å². The summed E-state index contributed by atoms with van der Waals surface area (Å²) in [6, 6.07) is 78.2. The Labute approximate surface area is 418 Å². The zero-order chi connectivity index (χ0) is 47.9. The van der Waals surface area contributed by atoms with E-state index < -0.39 is 35.5 Å². The Balaban J connectivity index is 0.000000211. The molecule has 68 heavy (non-hydrogen) atoms. The van der Waals surface area contributed by atoms with Crippen LogP contribution in [0, 0.1) is 0 Å². The number of halogens is 3. The summed E-state index contributed by atoms with van der Waals surface area (Å²) in [5.41, 5.74) is 1.31. The molecule has 9 heteroatoms. The number of hydrogen-bond donors (Lipinski definition) is 0. The maximum Gasteiger partial charge on any atom is 1.00 e. The summed E-state index contributed by atoms with van der Waals surface area (Å²) < 4.78 is 44.2. The summed E-state index contributed by atoms with van der Waals surface area (Å²) >= 11 is 0. The third kappa shape index (κ3) is 17.6. The fourth-order valence-electron chi connectivity index (χ4n) is 7.81. The molecule has 0 saturated carbocycles. The zero-order valence-corrected chi connectivity index (χ0v) is 43.7. The predicted molar refractivity (Wildman–Crippen MR) is 294 cm³/mol. The molecule has 0 aliphatic heterocycles. The number of benzene rings is 8. The maximum atomic E-state index is 13.1. The Morgan fingerprint density at radius 3 is 0.941 bits per heavy atom. The summed E-state index contributed by atoms with van der Waals surface area (Å²) in [4.78, 5) is 0. The van der Waals surface area contributed by atoms with E-state index in [1.54, 1.807) is 18.2 Å². The van der Waals surface area contributed by atoms with Gasteiger partial charge in [0, 0.05) is 21.1 Å². The fraction of sp³-hybridized carbons (Fsp3) is 0.186. The number of nitrogens with zero attached hydrogens (tertiary/aromatic N) is 1. The standard InChI is InChI=1S/C19H22F3NP.2C18H15P.C4H10O.Cu/c1-13(2)24(14(3)4)18-11-10-15(19(20,21)22)12-17(18)23-16-8-6-5-7-9-16;2*1-4-10-16(11-5-1)19(17-12-6-2-7-13-17)18-14-8-3-9-15-18;1-3-5-4-2;/h5-14H,1-4H3;2*1-15H;3-4H2,1-2H3;/q-1;;;;+1/p+3. The molecule has 0 unspecified atom stereocenters. The van der Waals surface area contributed by atoms with Gasteiger partial charge < -0.3 is 10.1 Å². The van der Waals surface area contributed by atoms with E-state index in [1.807, 2.05) is 32.0 Å². The first-order chi connectivity index (χ1) is 32.5. The van der Waals surface area contributed by atoms with Crippen molar-refractivity contribution in [2.24, 2.45) is 0 Å². The smallest absolute Gasteiger partial charge is 0.655 e. The molecule has 0 amide bonds. The molecule has 0 fully saturated rings. The molecule has 0 atom stereocenters. The predicted octanol–water partition coefficient (Wildman–Crippen LogP) is 14.1. The van der Waals surface area contributed by atoms with Crippen LogP contribution in [0.4, 0.5) is 24.5 Å². The molecular weight excluding hydrogens is 952 g/mol. The van der Waals surface area contributed by atoms with Crippen molar-refractivity contribution in [3.8, 4) is 0 Å². The normalized spacial score (nSPS) is 10.9. The molecule has 8 rings (SSSR count). The minimum Gasteiger partial charge on any atom is -0.655 e. The van der Waals surface area contributed by atoms with E-state index in [4.69, 9.17) is 4.74 Å². The molecule has 2 nitrogen and oxygen atoms in total. The van der Waals surface area contributed by atoms with Gasteiger partial charge in [-0.1, -0.05) is 151 Å². The second kappa shape index (κ2) is 29.9. The third-order valence-corrected chi connectivity index (χ3v) is 19.7. The molecule has 8 aromatic rings. The molecule has 0 spiro atoms. The van der Waals surface area contributed by atoms with Gasteiger partial charge in [0.2, 0.25) is 0 Å².